The molecule has 0 bridgehead atoms. The Balaban J connectivity index is 1.82. The number of aromatic nitrogens is 3. The Labute approximate surface area is 109 Å². The topological polar surface area (TPSA) is 63.0 Å². The average molecular weight is 252 g/mol. The summed E-state index contributed by atoms with van der Waals surface area (Å²) in [5, 5.41) is 21.9. The van der Waals surface area contributed by atoms with Crippen molar-refractivity contribution < 1.29 is 5.11 Å². The van der Waals surface area contributed by atoms with Crippen LogP contribution in [0.2, 0.25) is 0 Å². The molecule has 1 aromatic heterocycles. The fraction of sp³-hybridized carbons (Fsp3) is 0.846. The number of rotatable bonds is 6. The Morgan fingerprint density at radius 2 is 2.17 bits per heavy atom. The summed E-state index contributed by atoms with van der Waals surface area (Å²) >= 11 is 0. The lowest BCUT2D eigenvalue weighted by atomic mass is 10.0. The molecule has 0 amide bonds. The van der Waals surface area contributed by atoms with Gasteiger partial charge in [-0.05, 0) is 25.3 Å². The van der Waals surface area contributed by atoms with Crippen LogP contribution in [0.25, 0.3) is 0 Å². The Kier molecular flexibility index (Phi) is 4.35. The Morgan fingerprint density at radius 3 is 2.83 bits per heavy atom. The van der Waals surface area contributed by atoms with Crippen molar-refractivity contribution in [2.75, 3.05) is 6.54 Å². The molecule has 0 aliphatic heterocycles. The van der Waals surface area contributed by atoms with Crippen LogP contribution in [0.15, 0.2) is 6.20 Å². The largest absolute Gasteiger partial charge is 0.388 e. The Hall–Kier alpha value is -0.940. The number of nitrogens with zero attached hydrogens (tertiary/aromatic N) is 3. The fourth-order valence-corrected chi connectivity index (χ4v) is 2.48. The normalized spacial score (nSPS) is 18.7. The summed E-state index contributed by atoms with van der Waals surface area (Å²) in [5.41, 5.74) is 0.383. The summed E-state index contributed by atoms with van der Waals surface area (Å²) in [4.78, 5) is 0. The number of hydrogen-bond acceptors (Lipinski definition) is 4. The average Bonchev–Trinajstić information content (AvgIpc) is 2.88. The second kappa shape index (κ2) is 5.80. The van der Waals surface area contributed by atoms with Gasteiger partial charge in [0.1, 0.15) is 0 Å². The third kappa shape index (κ3) is 3.78. The molecule has 0 spiro atoms. The highest BCUT2D eigenvalue weighted by atomic mass is 16.3. The molecule has 1 heterocycles. The maximum atomic E-state index is 10.3. The molecule has 0 aromatic carbocycles. The van der Waals surface area contributed by atoms with E-state index in [2.05, 4.69) is 29.5 Å². The van der Waals surface area contributed by atoms with Gasteiger partial charge in [0.15, 0.2) is 0 Å². The van der Waals surface area contributed by atoms with Gasteiger partial charge in [0, 0.05) is 12.7 Å². The van der Waals surface area contributed by atoms with E-state index in [0.29, 0.717) is 12.5 Å². The minimum absolute atomic E-state index is 0.559. The third-order valence-corrected chi connectivity index (χ3v) is 3.44. The van der Waals surface area contributed by atoms with Crippen LogP contribution < -0.4 is 5.32 Å². The van der Waals surface area contributed by atoms with Crippen LogP contribution >= 0.6 is 0 Å². The molecule has 5 heteroatoms. The van der Waals surface area contributed by atoms with Gasteiger partial charge in [-0.1, -0.05) is 31.9 Å². The first kappa shape index (κ1) is 13.5. The molecule has 0 atom stereocenters. The summed E-state index contributed by atoms with van der Waals surface area (Å²) in [7, 11) is 0. The van der Waals surface area contributed by atoms with Crippen LogP contribution in [0.1, 0.15) is 45.2 Å². The summed E-state index contributed by atoms with van der Waals surface area (Å²) in [5.74, 6) is 0.638. The quantitative estimate of drug-likeness (QED) is 0.801. The second-order valence-corrected chi connectivity index (χ2v) is 5.86. The molecule has 1 saturated carbocycles. The molecule has 1 aromatic rings. The van der Waals surface area contributed by atoms with Crippen molar-refractivity contribution in [1.29, 1.82) is 0 Å². The van der Waals surface area contributed by atoms with Gasteiger partial charge < -0.3 is 10.4 Å². The van der Waals surface area contributed by atoms with Gasteiger partial charge in [0.2, 0.25) is 0 Å². The van der Waals surface area contributed by atoms with Gasteiger partial charge >= 0.3 is 0 Å². The van der Waals surface area contributed by atoms with E-state index < -0.39 is 5.60 Å². The van der Waals surface area contributed by atoms with E-state index in [-0.39, 0.29) is 0 Å². The lowest BCUT2D eigenvalue weighted by Gasteiger charge is -2.21. The maximum absolute atomic E-state index is 10.3. The van der Waals surface area contributed by atoms with Gasteiger partial charge in [0.25, 0.3) is 0 Å². The first-order valence-corrected chi connectivity index (χ1v) is 6.89. The van der Waals surface area contributed by atoms with Gasteiger partial charge in [0.05, 0.1) is 17.8 Å². The molecule has 102 valence electrons. The summed E-state index contributed by atoms with van der Waals surface area (Å²) < 4.78 is 1.78. The van der Waals surface area contributed by atoms with Gasteiger partial charge in [-0.15, -0.1) is 5.10 Å². The second-order valence-electron chi connectivity index (χ2n) is 5.86. The van der Waals surface area contributed by atoms with E-state index in [1.165, 1.54) is 0 Å². The molecule has 18 heavy (non-hydrogen) atoms. The summed E-state index contributed by atoms with van der Waals surface area (Å²) in [6.07, 6.45) is 5.94. The molecule has 2 rings (SSSR count). The standard InChI is InChI=1S/C13H24N4O/c1-11(2)7-14-8-12-9-17(16-15-12)10-13(18)5-3-4-6-13/h9,11,14,18H,3-8,10H2,1-2H3. The number of aliphatic hydroxyl groups is 1. The minimum atomic E-state index is -0.559. The molecule has 1 aliphatic rings. The Morgan fingerprint density at radius 1 is 1.44 bits per heavy atom. The summed E-state index contributed by atoms with van der Waals surface area (Å²) in [6, 6.07) is 0. The Bertz CT molecular complexity index is 369. The van der Waals surface area contributed by atoms with E-state index in [9.17, 15) is 5.11 Å². The SMILES string of the molecule is CC(C)CNCc1cn(CC2(O)CCCC2)nn1. The van der Waals surface area contributed by atoms with Crippen LogP contribution in [0.3, 0.4) is 0 Å². The first-order chi connectivity index (χ1) is 8.57. The van der Waals surface area contributed by atoms with Gasteiger partial charge in [-0.25, -0.2) is 4.68 Å². The van der Waals surface area contributed by atoms with Crippen molar-refractivity contribution in [3.05, 3.63) is 11.9 Å². The van der Waals surface area contributed by atoms with E-state index >= 15 is 0 Å². The van der Waals surface area contributed by atoms with Crippen LogP contribution in [-0.2, 0) is 13.1 Å². The monoisotopic (exact) mass is 252 g/mol. The van der Waals surface area contributed by atoms with Crippen LogP contribution in [0.4, 0.5) is 0 Å². The smallest absolute Gasteiger partial charge is 0.0964 e. The minimum Gasteiger partial charge on any atom is -0.388 e. The van der Waals surface area contributed by atoms with E-state index in [0.717, 1.165) is 44.5 Å². The van der Waals surface area contributed by atoms with Gasteiger partial charge in [-0.2, -0.15) is 0 Å². The highest BCUT2D eigenvalue weighted by molar-refractivity contribution is 4.93. The molecule has 1 fully saturated rings. The van der Waals surface area contributed by atoms with E-state index in [4.69, 9.17) is 0 Å². The highest BCUT2D eigenvalue weighted by Crippen LogP contribution is 2.30. The number of nitrogens with one attached hydrogen (secondary N) is 1. The number of hydrogen-bond donors (Lipinski definition) is 2. The predicted molar refractivity (Wildman–Crippen MR) is 70.0 cm³/mol. The fourth-order valence-electron chi connectivity index (χ4n) is 2.48. The molecule has 0 radical (unpaired) electrons. The molecule has 0 unspecified atom stereocenters. The molecule has 1 aliphatic carbocycles. The molecule has 5 nitrogen and oxygen atoms in total. The first-order valence-electron chi connectivity index (χ1n) is 6.89. The van der Waals surface area contributed by atoms with E-state index in [1.807, 2.05) is 6.20 Å². The highest BCUT2D eigenvalue weighted by Gasteiger charge is 2.31. The maximum Gasteiger partial charge on any atom is 0.0964 e. The molecule has 0 saturated heterocycles. The molecule has 2 N–H and O–H groups in total. The van der Waals surface area contributed by atoms with Crippen LogP contribution in [-0.4, -0.2) is 32.2 Å². The third-order valence-electron chi connectivity index (χ3n) is 3.44. The van der Waals surface area contributed by atoms with Crippen molar-refractivity contribution in [1.82, 2.24) is 20.3 Å². The zero-order valence-electron chi connectivity index (χ0n) is 11.4. The van der Waals surface area contributed by atoms with Crippen LogP contribution in [0.5, 0.6) is 0 Å². The van der Waals surface area contributed by atoms with Crippen LogP contribution in [0, 0.1) is 5.92 Å². The zero-order valence-corrected chi connectivity index (χ0v) is 11.4. The van der Waals surface area contributed by atoms with E-state index in [1.54, 1.807) is 4.68 Å². The predicted octanol–water partition coefficient (Wildman–Crippen LogP) is 1.33. The lowest BCUT2D eigenvalue weighted by molar-refractivity contribution is 0.0260. The molecular formula is C13H24N4O. The van der Waals surface area contributed by atoms with Gasteiger partial charge in [-0.3, -0.25) is 0 Å². The van der Waals surface area contributed by atoms with Crippen molar-refractivity contribution in [3.63, 3.8) is 0 Å². The molecular weight excluding hydrogens is 228 g/mol. The lowest BCUT2D eigenvalue weighted by Crippen LogP contribution is -2.30. The van der Waals surface area contributed by atoms with Crippen molar-refractivity contribution in [2.24, 2.45) is 5.92 Å². The van der Waals surface area contributed by atoms with Crippen molar-refractivity contribution >= 4 is 0 Å². The van der Waals surface area contributed by atoms with Crippen molar-refractivity contribution in [3.8, 4) is 0 Å². The summed E-state index contributed by atoms with van der Waals surface area (Å²) in [6.45, 7) is 6.66. The zero-order chi connectivity index (χ0) is 13.0. The van der Waals surface area contributed by atoms with Crippen molar-refractivity contribution in [2.45, 2.75) is 58.2 Å².